The van der Waals surface area contributed by atoms with Crippen molar-refractivity contribution in [2.75, 3.05) is 18.0 Å². The maximum absolute atomic E-state index is 9.59. The Hall–Kier alpha value is -3.60. The first-order valence-corrected chi connectivity index (χ1v) is 8.69. The van der Waals surface area contributed by atoms with Crippen LogP contribution in [0.4, 0.5) is 5.82 Å². The Morgan fingerprint density at radius 3 is 2.70 bits per heavy atom. The Morgan fingerprint density at radius 2 is 2.00 bits per heavy atom. The maximum Gasteiger partial charge on any atom is 0.224 e. The quantitative estimate of drug-likeness (QED) is 0.761. The molecule has 136 valence electrons. The van der Waals surface area contributed by atoms with Crippen LogP contribution in [0.2, 0.25) is 0 Å². The lowest BCUT2D eigenvalue weighted by Gasteiger charge is -2.18. The van der Waals surface area contributed by atoms with Crippen LogP contribution in [0.1, 0.15) is 24.2 Å². The topological polar surface area (TPSA) is 100 Å². The second kappa shape index (κ2) is 6.96. The molecule has 0 amide bonds. The standard InChI is InChI=1S/C19H18N6O2/c1-13-22-18(24-6-2-3-7-24)9-19(23-13)27-17-8-14(10-20)4-5-16(17)25-12-15(26)11-21-25/h4-5,8-9,11-12,26H,2-3,6-7H2,1H3. The Kier molecular flexibility index (Phi) is 4.34. The van der Waals surface area contributed by atoms with Crippen molar-refractivity contribution in [1.82, 2.24) is 19.7 Å². The summed E-state index contributed by atoms with van der Waals surface area (Å²) in [4.78, 5) is 11.1. The van der Waals surface area contributed by atoms with Crippen LogP contribution in [0, 0.1) is 18.3 Å². The highest BCUT2D eigenvalue weighted by atomic mass is 16.5. The predicted octanol–water partition coefficient (Wildman–Crippen LogP) is 2.94. The number of rotatable bonds is 4. The molecule has 1 aliphatic rings. The van der Waals surface area contributed by atoms with Gasteiger partial charge in [-0.25, -0.2) is 9.67 Å². The summed E-state index contributed by atoms with van der Waals surface area (Å²) in [5.41, 5.74) is 1.05. The van der Waals surface area contributed by atoms with Crippen molar-refractivity contribution >= 4 is 5.82 Å². The number of aromatic hydroxyl groups is 1. The first kappa shape index (κ1) is 16.8. The second-order valence-corrected chi connectivity index (χ2v) is 6.35. The zero-order valence-electron chi connectivity index (χ0n) is 14.8. The lowest BCUT2D eigenvalue weighted by Crippen LogP contribution is -2.19. The molecule has 0 aliphatic carbocycles. The number of anilines is 1. The molecule has 1 N–H and O–H groups in total. The summed E-state index contributed by atoms with van der Waals surface area (Å²) in [6, 6.07) is 8.92. The van der Waals surface area contributed by atoms with Gasteiger partial charge < -0.3 is 14.7 Å². The first-order chi connectivity index (χ1) is 13.1. The number of nitriles is 1. The summed E-state index contributed by atoms with van der Waals surface area (Å²) in [5, 5.41) is 22.9. The van der Waals surface area contributed by atoms with E-state index in [0.29, 0.717) is 28.7 Å². The van der Waals surface area contributed by atoms with Crippen molar-refractivity contribution < 1.29 is 9.84 Å². The van der Waals surface area contributed by atoms with Gasteiger partial charge in [0.2, 0.25) is 5.88 Å². The fourth-order valence-corrected chi connectivity index (χ4v) is 3.10. The largest absolute Gasteiger partial charge is 0.505 e. The van der Waals surface area contributed by atoms with Gasteiger partial charge in [0, 0.05) is 25.2 Å². The maximum atomic E-state index is 9.59. The minimum Gasteiger partial charge on any atom is -0.505 e. The molecule has 1 saturated heterocycles. The van der Waals surface area contributed by atoms with E-state index in [1.165, 1.54) is 17.1 Å². The van der Waals surface area contributed by atoms with Crippen LogP contribution in [0.3, 0.4) is 0 Å². The second-order valence-electron chi connectivity index (χ2n) is 6.35. The first-order valence-electron chi connectivity index (χ1n) is 8.69. The summed E-state index contributed by atoms with van der Waals surface area (Å²) < 4.78 is 7.51. The molecule has 0 spiro atoms. The third-order valence-corrected chi connectivity index (χ3v) is 4.35. The Morgan fingerprint density at radius 1 is 1.19 bits per heavy atom. The van der Waals surface area contributed by atoms with Crippen LogP contribution in [-0.2, 0) is 0 Å². The lowest BCUT2D eigenvalue weighted by atomic mass is 10.2. The molecular weight excluding hydrogens is 344 g/mol. The molecule has 3 aromatic rings. The number of hydrogen-bond donors (Lipinski definition) is 1. The molecule has 0 unspecified atom stereocenters. The van der Waals surface area contributed by atoms with E-state index >= 15 is 0 Å². The predicted molar refractivity (Wildman–Crippen MR) is 98.2 cm³/mol. The van der Waals surface area contributed by atoms with Crippen LogP contribution >= 0.6 is 0 Å². The van der Waals surface area contributed by atoms with Crippen molar-refractivity contribution in [3.8, 4) is 29.1 Å². The highest BCUT2D eigenvalue weighted by molar-refractivity contribution is 5.53. The number of aromatic nitrogens is 4. The summed E-state index contributed by atoms with van der Waals surface area (Å²) >= 11 is 0. The van der Waals surface area contributed by atoms with Crippen LogP contribution in [0.15, 0.2) is 36.7 Å². The smallest absolute Gasteiger partial charge is 0.224 e. The van der Waals surface area contributed by atoms with Gasteiger partial charge in [-0.05, 0) is 31.9 Å². The molecule has 1 aromatic carbocycles. The van der Waals surface area contributed by atoms with Gasteiger partial charge in [0.25, 0.3) is 0 Å². The molecule has 2 aromatic heterocycles. The third kappa shape index (κ3) is 3.53. The van der Waals surface area contributed by atoms with E-state index in [1.807, 2.05) is 13.0 Å². The molecule has 1 aliphatic heterocycles. The SMILES string of the molecule is Cc1nc(Oc2cc(C#N)ccc2-n2cc(O)cn2)cc(N2CCCC2)n1. The minimum atomic E-state index is 0.0412. The van der Waals surface area contributed by atoms with Gasteiger partial charge >= 0.3 is 0 Å². The Balaban J connectivity index is 1.72. The molecule has 1 fully saturated rings. The van der Waals surface area contributed by atoms with E-state index in [1.54, 1.807) is 18.2 Å². The normalized spacial score (nSPS) is 13.6. The molecule has 27 heavy (non-hydrogen) atoms. The van der Waals surface area contributed by atoms with Crippen LogP contribution < -0.4 is 9.64 Å². The molecule has 0 saturated carbocycles. The van der Waals surface area contributed by atoms with E-state index < -0.39 is 0 Å². The number of nitrogens with zero attached hydrogens (tertiary/aromatic N) is 6. The zero-order chi connectivity index (χ0) is 18.8. The van der Waals surface area contributed by atoms with Gasteiger partial charge in [-0.1, -0.05) is 0 Å². The van der Waals surface area contributed by atoms with Gasteiger partial charge in [-0.15, -0.1) is 0 Å². The summed E-state index contributed by atoms with van der Waals surface area (Å²) in [7, 11) is 0. The number of ether oxygens (including phenoxy) is 1. The average molecular weight is 362 g/mol. The summed E-state index contributed by atoms with van der Waals surface area (Å²) in [5.74, 6) is 2.31. The molecule has 8 heteroatoms. The summed E-state index contributed by atoms with van der Waals surface area (Å²) in [6.07, 6.45) is 5.10. The number of benzene rings is 1. The zero-order valence-corrected chi connectivity index (χ0v) is 14.8. The van der Waals surface area contributed by atoms with Gasteiger partial charge in [0.1, 0.15) is 17.3 Å². The van der Waals surface area contributed by atoms with Gasteiger partial charge in [-0.2, -0.15) is 15.3 Å². The monoisotopic (exact) mass is 362 g/mol. The van der Waals surface area contributed by atoms with Crippen LogP contribution in [0.5, 0.6) is 17.4 Å². The van der Waals surface area contributed by atoms with E-state index in [0.717, 1.165) is 31.7 Å². The molecule has 0 radical (unpaired) electrons. The van der Waals surface area contributed by atoms with E-state index in [9.17, 15) is 10.4 Å². The van der Waals surface area contributed by atoms with Gasteiger partial charge in [0.15, 0.2) is 11.5 Å². The van der Waals surface area contributed by atoms with Gasteiger partial charge in [-0.3, -0.25) is 0 Å². The Labute approximate surface area is 156 Å². The third-order valence-electron chi connectivity index (χ3n) is 4.35. The molecule has 8 nitrogen and oxygen atoms in total. The van der Waals surface area contributed by atoms with E-state index in [-0.39, 0.29) is 5.75 Å². The van der Waals surface area contributed by atoms with Crippen molar-refractivity contribution in [1.29, 1.82) is 5.26 Å². The highest BCUT2D eigenvalue weighted by Gasteiger charge is 2.17. The van der Waals surface area contributed by atoms with Crippen molar-refractivity contribution in [2.45, 2.75) is 19.8 Å². The molecular formula is C19H18N6O2. The van der Waals surface area contributed by atoms with Crippen LogP contribution in [0.25, 0.3) is 5.69 Å². The molecule has 0 bridgehead atoms. The number of hydrogen-bond acceptors (Lipinski definition) is 7. The van der Waals surface area contributed by atoms with E-state index in [4.69, 9.17) is 4.74 Å². The van der Waals surface area contributed by atoms with Crippen molar-refractivity contribution in [2.24, 2.45) is 0 Å². The minimum absolute atomic E-state index is 0.0412. The fraction of sp³-hybridized carbons (Fsp3) is 0.263. The van der Waals surface area contributed by atoms with Crippen molar-refractivity contribution in [3.05, 3.63) is 48.0 Å². The lowest BCUT2D eigenvalue weighted by molar-refractivity contribution is 0.455. The molecule has 3 heterocycles. The van der Waals surface area contributed by atoms with Crippen LogP contribution in [-0.4, -0.2) is 37.9 Å². The summed E-state index contributed by atoms with van der Waals surface area (Å²) in [6.45, 7) is 3.76. The Bertz CT molecular complexity index is 1020. The highest BCUT2D eigenvalue weighted by Crippen LogP contribution is 2.31. The van der Waals surface area contributed by atoms with Gasteiger partial charge in [0.05, 0.1) is 24.0 Å². The van der Waals surface area contributed by atoms with E-state index in [2.05, 4.69) is 26.0 Å². The fourth-order valence-electron chi connectivity index (χ4n) is 3.10. The average Bonchev–Trinajstić information content (AvgIpc) is 3.33. The number of aryl methyl sites for hydroxylation is 1. The van der Waals surface area contributed by atoms with Crippen molar-refractivity contribution in [3.63, 3.8) is 0 Å². The molecule has 0 atom stereocenters. The molecule has 4 rings (SSSR count).